The summed E-state index contributed by atoms with van der Waals surface area (Å²) in [4.78, 5) is 24.6. The molecule has 6 nitrogen and oxygen atoms in total. The summed E-state index contributed by atoms with van der Waals surface area (Å²) in [6, 6.07) is 5.71. The number of non-ortho nitro benzene ring substituents is 1. The Hall–Kier alpha value is -1.95. The zero-order valence-electron chi connectivity index (χ0n) is 12.4. The minimum Gasteiger partial charge on any atom is -0.325 e. The molecule has 0 radical (unpaired) electrons. The molecule has 1 saturated heterocycles. The van der Waals surface area contributed by atoms with Crippen molar-refractivity contribution in [3.05, 3.63) is 34.4 Å². The number of nitro groups is 1. The van der Waals surface area contributed by atoms with Crippen LogP contribution in [0.1, 0.15) is 26.7 Å². The van der Waals surface area contributed by atoms with Crippen LogP contribution in [-0.4, -0.2) is 34.9 Å². The largest absolute Gasteiger partial charge is 0.325 e. The van der Waals surface area contributed by atoms with Crippen LogP contribution in [0.5, 0.6) is 0 Å². The van der Waals surface area contributed by atoms with Crippen molar-refractivity contribution in [2.24, 2.45) is 5.92 Å². The van der Waals surface area contributed by atoms with Gasteiger partial charge in [0, 0.05) is 24.4 Å². The van der Waals surface area contributed by atoms with E-state index < -0.39 is 4.92 Å². The highest BCUT2D eigenvalue weighted by atomic mass is 16.6. The predicted molar refractivity (Wildman–Crippen MR) is 81.2 cm³/mol. The Balaban J connectivity index is 1.95. The fraction of sp³-hybridized carbons (Fsp3) is 0.533. The Morgan fingerprint density at radius 3 is 2.67 bits per heavy atom. The molecule has 21 heavy (non-hydrogen) atoms. The number of hydrogen-bond acceptors (Lipinski definition) is 4. The molecular formula is C15H21N3O3. The second kappa shape index (κ2) is 6.67. The van der Waals surface area contributed by atoms with Crippen molar-refractivity contribution < 1.29 is 9.72 Å². The second-order valence-corrected chi connectivity index (χ2v) is 5.71. The summed E-state index contributed by atoms with van der Waals surface area (Å²) in [6.45, 7) is 5.99. The van der Waals surface area contributed by atoms with Gasteiger partial charge in [-0.05, 0) is 44.4 Å². The minimum atomic E-state index is -0.455. The van der Waals surface area contributed by atoms with Crippen LogP contribution in [-0.2, 0) is 4.79 Å². The molecule has 1 amide bonds. The zero-order chi connectivity index (χ0) is 15.4. The van der Waals surface area contributed by atoms with Crippen molar-refractivity contribution in [1.82, 2.24) is 4.90 Å². The van der Waals surface area contributed by atoms with Gasteiger partial charge in [0.25, 0.3) is 5.69 Å². The van der Waals surface area contributed by atoms with Crippen LogP contribution in [0.25, 0.3) is 0 Å². The van der Waals surface area contributed by atoms with Crippen molar-refractivity contribution in [3.8, 4) is 0 Å². The Morgan fingerprint density at radius 1 is 1.43 bits per heavy atom. The van der Waals surface area contributed by atoms with Gasteiger partial charge in [-0.3, -0.25) is 19.8 Å². The Morgan fingerprint density at radius 2 is 2.10 bits per heavy atom. The van der Waals surface area contributed by atoms with E-state index in [0.29, 0.717) is 11.6 Å². The van der Waals surface area contributed by atoms with Crippen LogP contribution in [0.4, 0.5) is 11.4 Å². The molecular weight excluding hydrogens is 270 g/mol. The lowest BCUT2D eigenvalue weighted by molar-refractivity contribution is -0.384. The number of anilines is 1. The van der Waals surface area contributed by atoms with Gasteiger partial charge >= 0.3 is 0 Å². The van der Waals surface area contributed by atoms with E-state index in [0.717, 1.165) is 19.5 Å². The molecule has 1 fully saturated rings. The van der Waals surface area contributed by atoms with Crippen LogP contribution in [0.3, 0.4) is 0 Å². The van der Waals surface area contributed by atoms with Gasteiger partial charge in [-0.25, -0.2) is 0 Å². The third-order valence-electron chi connectivity index (χ3n) is 3.96. The van der Waals surface area contributed by atoms with Crippen LogP contribution in [0.15, 0.2) is 24.3 Å². The molecule has 0 saturated carbocycles. The number of carbonyl (C=O) groups excluding carboxylic acids is 1. The number of amides is 1. The smallest absolute Gasteiger partial charge is 0.269 e. The summed E-state index contributed by atoms with van der Waals surface area (Å²) in [6.07, 6.45) is 2.34. The summed E-state index contributed by atoms with van der Waals surface area (Å²) in [5.74, 6) is 0.548. The van der Waals surface area contributed by atoms with Crippen LogP contribution in [0, 0.1) is 16.0 Å². The van der Waals surface area contributed by atoms with E-state index in [-0.39, 0.29) is 17.6 Å². The molecule has 0 aromatic heterocycles. The van der Waals surface area contributed by atoms with Crippen molar-refractivity contribution in [2.75, 3.05) is 18.4 Å². The van der Waals surface area contributed by atoms with Gasteiger partial charge in [-0.15, -0.1) is 0 Å². The molecule has 0 bridgehead atoms. The standard InChI is InChI=1S/C15H21N3O3/c1-11-4-3-9-17(10-11)12(2)15(19)16-13-5-7-14(8-6-13)18(20)21/h5-8,11-12H,3-4,9-10H2,1-2H3,(H,16,19). The summed E-state index contributed by atoms with van der Waals surface area (Å²) in [5.41, 5.74) is 0.605. The average molecular weight is 291 g/mol. The molecule has 1 aliphatic heterocycles. The molecule has 1 N–H and O–H groups in total. The molecule has 2 atom stereocenters. The maximum atomic E-state index is 12.3. The summed E-state index contributed by atoms with van der Waals surface area (Å²) in [7, 11) is 0. The van der Waals surface area contributed by atoms with E-state index in [9.17, 15) is 14.9 Å². The van der Waals surface area contributed by atoms with Crippen LogP contribution in [0.2, 0.25) is 0 Å². The third kappa shape index (κ3) is 4.01. The molecule has 1 aromatic rings. The van der Waals surface area contributed by atoms with Crippen molar-refractivity contribution >= 4 is 17.3 Å². The molecule has 1 heterocycles. The molecule has 1 aromatic carbocycles. The summed E-state index contributed by atoms with van der Waals surface area (Å²) >= 11 is 0. The van der Waals surface area contributed by atoms with E-state index in [2.05, 4.69) is 17.1 Å². The second-order valence-electron chi connectivity index (χ2n) is 5.71. The van der Waals surface area contributed by atoms with Gasteiger partial charge < -0.3 is 5.32 Å². The number of nitrogens with zero attached hydrogens (tertiary/aromatic N) is 2. The van der Waals surface area contributed by atoms with Gasteiger partial charge in [0.05, 0.1) is 11.0 Å². The van der Waals surface area contributed by atoms with E-state index in [4.69, 9.17) is 0 Å². The Bertz CT molecular complexity index is 515. The lowest BCUT2D eigenvalue weighted by Gasteiger charge is -2.34. The summed E-state index contributed by atoms with van der Waals surface area (Å²) < 4.78 is 0. The molecule has 1 aliphatic rings. The molecule has 2 rings (SSSR count). The van der Waals surface area contributed by atoms with E-state index in [1.807, 2.05) is 6.92 Å². The third-order valence-corrected chi connectivity index (χ3v) is 3.96. The SMILES string of the molecule is CC1CCCN(C(C)C(=O)Nc2ccc([N+](=O)[O-])cc2)C1. The molecule has 6 heteroatoms. The van der Waals surface area contributed by atoms with Crippen molar-refractivity contribution in [3.63, 3.8) is 0 Å². The number of rotatable bonds is 4. The Kier molecular flexibility index (Phi) is 4.90. The van der Waals surface area contributed by atoms with Crippen molar-refractivity contribution in [1.29, 1.82) is 0 Å². The Labute approximate surface area is 124 Å². The average Bonchev–Trinajstić information content (AvgIpc) is 2.47. The maximum Gasteiger partial charge on any atom is 0.269 e. The van der Waals surface area contributed by atoms with E-state index in [1.165, 1.54) is 18.6 Å². The highest BCUT2D eigenvalue weighted by Crippen LogP contribution is 2.19. The maximum absolute atomic E-state index is 12.3. The summed E-state index contributed by atoms with van der Waals surface area (Å²) in [5, 5.41) is 13.4. The molecule has 114 valence electrons. The first-order valence-corrected chi connectivity index (χ1v) is 7.26. The zero-order valence-corrected chi connectivity index (χ0v) is 12.4. The number of nitrogens with one attached hydrogen (secondary N) is 1. The number of nitro benzene ring substituents is 1. The first-order valence-electron chi connectivity index (χ1n) is 7.26. The number of hydrogen-bond donors (Lipinski definition) is 1. The first kappa shape index (κ1) is 15.4. The lowest BCUT2D eigenvalue weighted by atomic mass is 9.99. The quantitative estimate of drug-likeness (QED) is 0.683. The van der Waals surface area contributed by atoms with E-state index >= 15 is 0 Å². The lowest BCUT2D eigenvalue weighted by Crippen LogP contribution is -2.46. The molecule has 0 spiro atoms. The van der Waals surface area contributed by atoms with Gasteiger partial charge in [0.1, 0.15) is 0 Å². The van der Waals surface area contributed by atoms with Gasteiger partial charge in [-0.1, -0.05) is 6.92 Å². The van der Waals surface area contributed by atoms with Crippen LogP contribution < -0.4 is 5.32 Å². The van der Waals surface area contributed by atoms with Gasteiger partial charge in [0.15, 0.2) is 0 Å². The topological polar surface area (TPSA) is 75.5 Å². The normalized spacial score (nSPS) is 20.8. The molecule has 0 aliphatic carbocycles. The van der Waals surface area contributed by atoms with Gasteiger partial charge in [-0.2, -0.15) is 0 Å². The number of carbonyl (C=O) groups is 1. The fourth-order valence-corrected chi connectivity index (χ4v) is 2.66. The highest BCUT2D eigenvalue weighted by molar-refractivity contribution is 5.94. The monoisotopic (exact) mass is 291 g/mol. The first-order chi connectivity index (χ1) is 9.97. The predicted octanol–water partition coefficient (Wildman–Crippen LogP) is 2.65. The number of likely N-dealkylation sites (tertiary alicyclic amines) is 1. The van der Waals surface area contributed by atoms with E-state index in [1.54, 1.807) is 12.1 Å². The number of benzene rings is 1. The highest BCUT2D eigenvalue weighted by Gasteiger charge is 2.25. The molecule has 2 unspecified atom stereocenters. The van der Waals surface area contributed by atoms with Crippen LogP contribution >= 0.6 is 0 Å². The van der Waals surface area contributed by atoms with Crippen molar-refractivity contribution in [2.45, 2.75) is 32.7 Å². The van der Waals surface area contributed by atoms with Gasteiger partial charge in [0.2, 0.25) is 5.91 Å². The fourth-order valence-electron chi connectivity index (χ4n) is 2.66. The number of piperidine rings is 1. The minimum absolute atomic E-state index is 0.0194.